The molecule has 5 nitrogen and oxygen atoms in total. The number of carbonyl (C=O) groups is 1. The summed E-state index contributed by atoms with van der Waals surface area (Å²) in [7, 11) is 1.60. The molecule has 0 spiro atoms. The molecular weight excluding hydrogens is 335 g/mol. The lowest BCUT2D eigenvalue weighted by molar-refractivity contribution is 0.234. The molecule has 0 heterocycles. The number of ether oxygens (including phenoxy) is 2. The van der Waals surface area contributed by atoms with Crippen LogP contribution in [0.3, 0.4) is 0 Å². The summed E-state index contributed by atoms with van der Waals surface area (Å²) >= 11 is 0. The number of methoxy groups -OCH3 is 1. The predicted octanol–water partition coefficient (Wildman–Crippen LogP) is 3.49. The summed E-state index contributed by atoms with van der Waals surface area (Å²) in [5.41, 5.74) is 0.0607. The third kappa shape index (κ3) is 5.65. The highest BCUT2D eigenvalue weighted by atomic mass is 19.1. The average Bonchev–Trinajstić information content (AvgIpc) is 2.64. The fourth-order valence-electron chi connectivity index (χ4n) is 2.47. The van der Waals surface area contributed by atoms with Gasteiger partial charge in [-0.25, -0.2) is 9.18 Å². The molecule has 0 bridgehead atoms. The Morgan fingerprint density at radius 1 is 1.04 bits per heavy atom. The van der Waals surface area contributed by atoms with Crippen LogP contribution in [0, 0.1) is 5.82 Å². The topological polar surface area (TPSA) is 59.6 Å². The Balaban J connectivity index is 1.70. The first-order valence-corrected chi connectivity index (χ1v) is 8.46. The van der Waals surface area contributed by atoms with Gasteiger partial charge in [0.25, 0.3) is 0 Å². The lowest BCUT2D eigenvalue weighted by atomic mass is 9.84. The fraction of sp³-hybridized carbons (Fsp3) is 0.350. The van der Waals surface area contributed by atoms with Gasteiger partial charge in [0.2, 0.25) is 0 Å². The van der Waals surface area contributed by atoms with Crippen molar-refractivity contribution < 1.29 is 18.7 Å². The number of urea groups is 1. The maximum atomic E-state index is 13.9. The van der Waals surface area contributed by atoms with Crippen LogP contribution >= 0.6 is 0 Å². The number of halogens is 1. The van der Waals surface area contributed by atoms with Crippen molar-refractivity contribution in [2.75, 3.05) is 26.8 Å². The molecule has 0 aliphatic carbocycles. The predicted molar refractivity (Wildman–Crippen MR) is 99.3 cm³/mol. The number of rotatable bonds is 8. The average molecular weight is 360 g/mol. The first-order valence-electron chi connectivity index (χ1n) is 8.46. The molecule has 0 saturated heterocycles. The molecule has 0 radical (unpaired) electrons. The Hall–Kier alpha value is -2.76. The maximum Gasteiger partial charge on any atom is 0.314 e. The van der Waals surface area contributed by atoms with Gasteiger partial charge in [-0.15, -0.1) is 0 Å². The van der Waals surface area contributed by atoms with Gasteiger partial charge < -0.3 is 20.1 Å². The van der Waals surface area contributed by atoms with E-state index < -0.39 is 5.41 Å². The van der Waals surface area contributed by atoms with E-state index in [4.69, 9.17) is 9.47 Å². The van der Waals surface area contributed by atoms with E-state index in [2.05, 4.69) is 10.6 Å². The fourth-order valence-corrected chi connectivity index (χ4v) is 2.47. The number of hydrogen-bond donors (Lipinski definition) is 2. The zero-order chi connectivity index (χ0) is 19.0. The van der Waals surface area contributed by atoms with Gasteiger partial charge in [0.1, 0.15) is 23.9 Å². The monoisotopic (exact) mass is 360 g/mol. The summed E-state index contributed by atoms with van der Waals surface area (Å²) in [4.78, 5) is 11.9. The molecule has 0 aliphatic heterocycles. The van der Waals surface area contributed by atoms with Gasteiger partial charge in [0.15, 0.2) is 0 Å². The normalized spacial score (nSPS) is 10.9. The van der Waals surface area contributed by atoms with Crippen LogP contribution in [0.25, 0.3) is 0 Å². The summed E-state index contributed by atoms with van der Waals surface area (Å²) in [5.74, 6) is 1.19. The van der Waals surface area contributed by atoms with Crippen LogP contribution < -0.4 is 20.1 Å². The molecule has 0 aliphatic rings. The second-order valence-electron chi connectivity index (χ2n) is 6.50. The first-order chi connectivity index (χ1) is 12.4. The third-order valence-electron chi connectivity index (χ3n) is 4.01. The van der Waals surface area contributed by atoms with Gasteiger partial charge in [-0.1, -0.05) is 32.0 Å². The Kier molecular flexibility index (Phi) is 6.83. The minimum atomic E-state index is -0.512. The maximum absolute atomic E-state index is 13.9. The quantitative estimate of drug-likeness (QED) is 0.709. The van der Waals surface area contributed by atoms with E-state index in [1.807, 2.05) is 13.8 Å². The standard InChI is InChI=1S/C20H25FN2O3/c1-20(2,17-6-4-5-7-18(17)21)14-23-19(24)22-12-13-26-16-10-8-15(25-3)9-11-16/h4-11H,12-14H2,1-3H3,(H2,22,23,24). The highest BCUT2D eigenvalue weighted by Gasteiger charge is 2.24. The molecule has 6 heteroatoms. The van der Waals surface area contributed by atoms with Gasteiger partial charge in [0, 0.05) is 12.0 Å². The van der Waals surface area contributed by atoms with Crippen molar-refractivity contribution in [1.29, 1.82) is 0 Å². The van der Waals surface area contributed by atoms with Crippen molar-refractivity contribution in [3.05, 3.63) is 59.9 Å². The summed E-state index contributed by atoms with van der Waals surface area (Å²) in [6.45, 7) is 4.80. The van der Waals surface area contributed by atoms with E-state index in [-0.39, 0.29) is 11.8 Å². The van der Waals surface area contributed by atoms with Crippen molar-refractivity contribution in [3.8, 4) is 11.5 Å². The lowest BCUT2D eigenvalue weighted by Gasteiger charge is -2.26. The molecule has 2 aromatic rings. The van der Waals surface area contributed by atoms with Crippen LogP contribution in [-0.2, 0) is 5.41 Å². The SMILES string of the molecule is COc1ccc(OCCNC(=O)NCC(C)(C)c2ccccc2F)cc1. The molecule has 26 heavy (non-hydrogen) atoms. The van der Waals surface area contributed by atoms with Crippen molar-refractivity contribution in [2.24, 2.45) is 0 Å². The zero-order valence-electron chi connectivity index (χ0n) is 15.3. The van der Waals surface area contributed by atoms with E-state index in [9.17, 15) is 9.18 Å². The summed E-state index contributed by atoms with van der Waals surface area (Å²) in [6.07, 6.45) is 0. The zero-order valence-corrected chi connectivity index (χ0v) is 15.3. The summed E-state index contributed by atoms with van der Waals surface area (Å²) in [6, 6.07) is 13.5. The Morgan fingerprint density at radius 2 is 1.69 bits per heavy atom. The Morgan fingerprint density at radius 3 is 2.35 bits per heavy atom. The molecule has 2 rings (SSSR count). The molecule has 0 fully saturated rings. The molecule has 0 saturated carbocycles. The van der Waals surface area contributed by atoms with E-state index in [0.717, 1.165) is 5.75 Å². The third-order valence-corrected chi connectivity index (χ3v) is 4.01. The number of hydrogen-bond acceptors (Lipinski definition) is 3. The van der Waals surface area contributed by atoms with Gasteiger partial charge in [-0.05, 0) is 35.9 Å². The minimum Gasteiger partial charge on any atom is -0.497 e. The highest BCUT2D eigenvalue weighted by molar-refractivity contribution is 5.73. The minimum absolute atomic E-state index is 0.271. The van der Waals surface area contributed by atoms with Crippen LogP contribution in [0.4, 0.5) is 9.18 Å². The molecule has 0 unspecified atom stereocenters. The van der Waals surface area contributed by atoms with Crippen molar-refractivity contribution in [3.63, 3.8) is 0 Å². The number of amides is 2. The van der Waals surface area contributed by atoms with Crippen LogP contribution in [0.5, 0.6) is 11.5 Å². The van der Waals surface area contributed by atoms with Gasteiger partial charge in [0.05, 0.1) is 13.7 Å². The Bertz CT molecular complexity index is 717. The summed E-state index contributed by atoms with van der Waals surface area (Å²) in [5, 5.41) is 5.49. The van der Waals surface area contributed by atoms with Crippen LogP contribution in [0.1, 0.15) is 19.4 Å². The smallest absolute Gasteiger partial charge is 0.314 e. The molecule has 2 amide bonds. The second-order valence-corrected chi connectivity index (χ2v) is 6.50. The number of nitrogens with one attached hydrogen (secondary N) is 2. The largest absolute Gasteiger partial charge is 0.497 e. The van der Waals surface area contributed by atoms with Gasteiger partial charge in [-0.2, -0.15) is 0 Å². The number of carbonyl (C=O) groups excluding carboxylic acids is 1. The van der Waals surface area contributed by atoms with E-state index in [1.54, 1.807) is 49.6 Å². The molecule has 0 atom stereocenters. The lowest BCUT2D eigenvalue weighted by Crippen LogP contribution is -2.43. The molecule has 0 aromatic heterocycles. The first kappa shape index (κ1) is 19.6. The van der Waals surface area contributed by atoms with Crippen molar-refractivity contribution in [1.82, 2.24) is 10.6 Å². The summed E-state index contributed by atoms with van der Waals surface area (Å²) < 4.78 is 24.5. The second kappa shape index (κ2) is 9.08. The van der Waals surface area contributed by atoms with Gasteiger partial charge in [-0.3, -0.25) is 0 Å². The molecular formula is C20H25FN2O3. The Labute approximate surface area is 153 Å². The van der Waals surface area contributed by atoms with Crippen molar-refractivity contribution in [2.45, 2.75) is 19.3 Å². The van der Waals surface area contributed by atoms with Crippen molar-refractivity contribution >= 4 is 6.03 Å². The number of benzene rings is 2. The molecule has 2 N–H and O–H groups in total. The van der Waals surface area contributed by atoms with E-state index in [1.165, 1.54) is 6.07 Å². The highest BCUT2D eigenvalue weighted by Crippen LogP contribution is 2.24. The van der Waals surface area contributed by atoms with Crippen LogP contribution in [-0.4, -0.2) is 32.8 Å². The van der Waals surface area contributed by atoms with E-state index in [0.29, 0.717) is 31.0 Å². The van der Waals surface area contributed by atoms with Crippen LogP contribution in [0.15, 0.2) is 48.5 Å². The van der Waals surface area contributed by atoms with E-state index >= 15 is 0 Å². The molecule has 140 valence electrons. The van der Waals surface area contributed by atoms with Gasteiger partial charge >= 0.3 is 6.03 Å². The molecule has 2 aromatic carbocycles. The van der Waals surface area contributed by atoms with Crippen LogP contribution in [0.2, 0.25) is 0 Å².